The molecule has 0 heteroatoms. The van der Waals surface area contributed by atoms with Crippen molar-refractivity contribution in [3.63, 3.8) is 0 Å². The van der Waals surface area contributed by atoms with Crippen LogP contribution in [0.5, 0.6) is 0 Å². The fourth-order valence-corrected chi connectivity index (χ4v) is 1.53. The Bertz CT molecular complexity index is 229. The molecule has 1 aromatic carbocycles. The van der Waals surface area contributed by atoms with E-state index < -0.39 is 0 Å². The Morgan fingerprint density at radius 1 is 1.09 bits per heavy atom. The van der Waals surface area contributed by atoms with Gasteiger partial charge in [-0.05, 0) is 36.8 Å². The summed E-state index contributed by atoms with van der Waals surface area (Å²) in [5.74, 6) is 0.857. The van der Waals surface area contributed by atoms with Crippen LogP contribution in [-0.4, -0.2) is 0 Å². The summed E-state index contributed by atoms with van der Waals surface area (Å²) in [6.07, 6.45) is 4.18. The summed E-state index contributed by atoms with van der Waals surface area (Å²) in [7, 11) is 0. The highest BCUT2D eigenvalue weighted by Gasteiger charge is 2.18. The second-order valence-corrected chi connectivity index (χ2v) is 3.37. The normalized spacial score (nSPS) is 17.9. The molecule has 0 unspecified atom stereocenters. The van der Waals surface area contributed by atoms with Crippen molar-refractivity contribution in [2.24, 2.45) is 0 Å². The molecule has 0 amide bonds. The minimum atomic E-state index is 0.857. The summed E-state index contributed by atoms with van der Waals surface area (Å²) in [5.41, 5.74) is 2.62. The molecule has 1 aliphatic rings. The second-order valence-electron chi connectivity index (χ2n) is 3.37. The topological polar surface area (TPSA) is 0 Å². The minimum absolute atomic E-state index is 0.857. The quantitative estimate of drug-likeness (QED) is 0.569. The summed E-state index contributed by atoms with van der Waals surface area (Å²) in [6.45, 7) is 3.86. The monoisotopic (exact) mass is 145 g/mol. The predicted molar refractivity (Wildman–Crippen MR) is 47.5 cm³/mol. The van der Waals surface area contributed by atoms with E-state index in [0.717, 1.165) is 11.5 Å². The van der Waals surface area contributed by atoms with Crippen molar-refractivity contribution >= 4 is 0 Å². The molecular formula is C11H13. The number of hydrogen-bond donors (Lipinski definition) is 0. The summed E-state index contributed by atoms with van der Waals surface area (Å²) in [5, 5.41) is 0. The van der Waals surface area contributed by atoms with Crippen LogP contribution in [0.15, 0.2) is 24.3 Å². The lowest BCUT2D eigenvalue weighted by Crippen LogP contribution is -2.08. The summed E-state index contributed by atoms with van der Waals surface area (Å²) >= 11 is 0. The van der Waals surface area contributed by atoms with E-state index in [1.54, 1.807) is 0 Å². The average molecular weight is 145 g/mol. The maximum absolute atomic E-state index is 3.86. The van der Waals surface area contributed by atoms with Gasteiger partial charge >= 0.3 is 0 Å². The highest BCUT2D eigenvalue weighted by Crippen LogP contribution is 2.36. The van der Waals surface area contributed by atoms with Crippen molar-refractivity contribution in [1.29, 1.82) is 0 Å². The van der Waals surface area contributed by atoms with Gasteiger partial charge in [0, 0.05) is 0 Å². The van der Waals surface area contributed by atoms with E-state index >= 15 is 0 Å². The number of benzene rings is 1. The summed E-state index contributed by atoms with van der Waals surface area (Å²) in [6, 6.07) is 8.64. The van der Waals surface area contributed by atoms with E-state index in [2.05, 4.69) is 31.2 Å². The molecule has 2 rings (SSSR count). The SMILES string of the molecule is [CH2]c1ccc(C2CCC2)cc1. The molecule has 1 aliphatic carbocycles. The third kappa shape index (κ3) is 1.30. The maximum atomic E-state index is 3.86. The van der Waals surface area contributed by atoms with Crippen LogP contribution in [0.3, 0.4) is 0 Å². The second kappa shape index (κ2) is 2.69. The zero-order chi connectivity index (χ0) is 7.68. The molecule has 0 aromatic heterocycles. The highest BCUT2D eigenvalue weighted by molar-refractivity contribution is 5.27. The van der Waals surface area contributed by atoms with Crippen LogP contribution in [0.4, 0.5) is 0 Å². The molecule has 57 valence electrons. The third-order valence-electron chi connectivity index (χ3n) is 2.56. The van der Waals surface area contributed by atoms with Gasteiger partial charge in [-0.2, -0.15) is 0 Å². The summed E-state index contributed by atoms with van der Waals surface area (Å²) < 4.78 is 0. The van der Waals surface area contributed by atoms with Gasteiger partial charge in [0.2, 0.25) is 0 Å². The molecule has 0 aliphatic heterocycles. The van der Waals surface area contributed by atoms with E-state index in [-0.39, 0.29) is 0 Å². The first-order chi connectivity index (χ1) is 5.36. The maximum Gasteiger partial charge on any atom is -0.0162 e. The van der Waals surface area contributed by atoms with Gasteiger partial charge in [0.1, 0.15) is 0 Å². The predicted octanol–water partition coefficient (Wildman–Crippen LogP) is 3.14. The summed E-state index contributed by atoms with van der Waals surface area (Å²) in [4.78, 5) is 0. The van der Waals surface area contributed by atoms with Crippen LogP contribution < -0.4 is 0 Å². The molecule has 0 heterocycles. The Morgan fingerprint density at radius 3 is 2.18 bits per heavy atom. The number of rotatable bonds is 1. The molecule has 0 bridgehead atoms. The van der Waals surface area contributed by atoms with Crippen LogP contribution in [-0.2, 0) is 0 Å². The first-order valence-corrected chi connectivity index (χ1v) is 4.28. The zero-order valence-electron chi connectivity index (χ0n) is 6.72. The van der Waals surface area contributed by atoms with E-state index in [0.29, 0.717) is 0 Å². The molecule has 0 atom stereocenters. The van der Waals surface area contributed by atoms with E-state index in [1.165, 1.54) is 24.8 Å². The third-order valence-corrected chi connectivity index (χ3v) is 2.56. The van der Waals surface area contributed by atoms with Crippen LogP contribution in [0.25, 0.3) is 0 Å². The van der Waals surface area contributed by atoms with Gasteiger partial charge in [-0.15, -0.1) is 0 Å². The van der Waals surface area contributed by atoms with Crippen LogP contribution in [0.1, 0.15) is 36.3 Å². The van der Waals surface area contributed by atoms with Crippen molar-refractivity contribution in [2.75, 3.05) is 0 Å². The average Bonchev–Trinajstić information content (AvgIpc) is 1.90. The van der Waals surface area contributed by atoms with Gasteiger partial charge < -0.3 is 0 Å². The van der Waals surface area contributed by atoms with Crippen molar-refractivity contribution in [3.05, 3.63) is 42.3 Å². The van der Waals surface area contributed by atoms with E-state index in [4.69, 9.17) is 0 Å². The van der Waals surface area contributed by atoms with Gasteiger partial charge in [0.05, 0.1) is 0 Å². The zero-order valence-corrected chi connectivity index (χ0v) is 6.72. The molecule has 0 nitrogen and oxygen atoms in total. The smallest absolute Gasteiger partial charge is 0.0162 e. The lowest BCUT2D eigenvalue weighted by Gasteiger charge is -2.25. The van der Waals surface area contributed by atoms with Gasteiger partial charge in [-0.3, -0.25) is 0 Å². The molecule has 1 aromatic rings. The molecule has 0 N–H and O–H groups in total. The molecule has 1 radical (unpaired) electrons. The fraction of sp³-hybridized carbons (Fsp3) is 0.364. The van der Waals surface area contributed by atoms with Gasteiger partial charge in [0.15, 0.2) is 0 Å². The van der Waals surface area contributed by atoms with Crippen molar-refractivity contribution < 1.29 is 0 Å². The van der Waals surface area contributed by atoms with E-state index in [1.807, 2.05) is 0 Å². The lowest BCUT2D eigenvalue weighted by atomic mass is 9.80. The van der Waals surface area contributed by atoms with Gasteiger partial charge in [-0.1, -0.05) is 30.7 Å². The Kier molecular flexibility index (Phi) is 1.69. The Balaban J connectivity index is 2.18. The number of hydrogen-bond acceptors (Lipinski definition) is 0. The van der Waals surface area contributed by atoms with Crippen LogP contribution in [0.2, 0.25) is 0 Å². The van der Waals surface area contributed by atoms with Crippen LogP contribution >= 0.6 is 0 Å². The minimum Gasteiger partial charge on any atom is -0.0587 e. The molecule has 0 spiro atoms. The van der Waals surface area contributed by atoms with E-state index in [9.17, 15) is 0 Å². The standard InChI is InChI=1S/C11H13/c1-9-5-7-11(8-6-9)10-3-2-4-10/h5-8,10H,1-4H2. The molecule has 1 fully saturated rings. The highest BCUT2D eigenvalue weighted by atomic mass is 14.2. The van der Waals surface area contributed by atoms with Crippen LogP contribution in [0, 0.1) is 6.92 Å². The van der Waals surface area contributed by atoms with Gasteiger partial charge in [0.25, 0.3) is 0 Å². The van der Waals surface area contributed by atoms with Crippen molar-refractivity contribution in [2.45, 2.75) is 25.2 Å². The first-order valence-electron chi connectivity index (χ1n) is 4.28. The van der Waals surface area contributed by atoms with Crippen molar-refractivity contribution in [1.82, 2.24) is 0 Å². The largest absolute Gasteiger partial charge is 0.0587 e. The molecule has 1 saturated carbocycles. The Labute approximate surface area is 68.3 Å². The lowest BCUT2D eigenvalue weighted by molar-refractivity contribution is 0.420. The first kappa shape index (κ1) is 6.90. The fourth-order valence-electron chi connectivity index (χ4n) is 1.53. The van der Waals surface area contributed by atoms with Crippen molar-refractivity contribution in [3.8, 4) is 0 Å². The Morgan fingerprint density at radius 2 is 1.73 bits per heavy atom. The molecule has 0 saturated heterocycles. The Hall–Kier alpha value is -0.780. The molecular weight excluding hydrogens is 132 g/mol. The van der Waals surface area contributed by atoms with Gasteiger partial charge in [-0.25, -0.2) is 0 Å². The molecule has 11 heavy (non-hydrogen) atoms.